The lowest BCUT2D eigenvalue weighted by molar-refractivity contribution is 0.0711. The molecule has 0 N–H and O–H groups in total. The van der Waals surface area contributed by atoms with Gasteiger partial charge in [0.2, 0.25) is 0 Å². The molecule has 3 aromatic carbocycles. The number of halogens is 1. The minimum absolute atomic E-state index is 0.172. The summed E-state index contributed by atoms with van der Waals surface area (Å²) in [4.78, 5) is 18.1. The maximum Gasteiger partial charge on any atom is 0.274 e. The molecule has 0 bridgehead atoms. The van der Waals surface area contributed by atoms with Gasteiger partial charge in [0.1, 0.15) is 10.9 Å². The van der Waals surface area contributed by atoms with Gasteiger partial charge >= 0.3 is 0 Å². The molecule has 2 heterocycles. The van der Waals surface area contributed by atoms with E-state index in [1.165, 1.54) is 0 Å². The van der Waals surface area contributed by atoms with E-state index in [1.807, 2.05) is 79.7 Å². The number of pyridine rings is 1. The topological polar surface area (TPSA) is 54.8 Å². The number of fused-ring (bicyclic) bond motifs is 1. The first-order chi connectivity index (χ1) is 16.1. The molecule has 1 atom stereocenters. The van der Waals surface area contributed by atoms with Crippen LogP contribution in [0.3, 0.4) is 0 Å². The van der Waals surface area contributed by atoms with Gasteiger partial charge < -0.3 is 4.74 Å². The zero-order valence-electron chi connectivity index (χ0n) is 18.1. The van der Waals surface area contributed by atoms with Crippen LogP contribution in [0, 0.1) is 0 Å². The SMILES string of the molecule is CCOc1ccc2cc(C3CC(c4ccccc4)=NN3C(=O)c3ccccc3)c(Cl)nc2c1. The Balaban J connectivity index is 1.57. The van der Waals surface area contributed by atoms with Gasteiger partial charge in [0.05, 0.1) is 23.9 Å². The van der Waals surface area contributed by atoms with Crippen molar-refractivity contribution in [2.75, 3.05) is 6.61 Å². The molecule has 1 aliphatic rings. The van der Waals surface area contributed by atoms with Crippen molar-refractivity contribution in [3.8, 4) is 5.75 Å². The summed E-state index contributed by atoms with van der Waals surface area (Å²) in [5.41, 5.74) is 3.92. The number of carbonyl (C=O) groups excluding carboxylic acids is 1. The first kappa shape index (κ1) is 21.2. The van der Waals surface area contributed by atoms with Crippen LogP contribution in [0.1, 0.15) is 40.9 Å². The monoisotopic (exact) mass is 455 g/mol. The quantitative estimate of drug-likeness (QED) is 0.333. The van der Waals surface area contributed by atoms with E-state index in [0.717, 1.165) is 33.5 Å². The number of amides is 1. The second kappa shape index (κ2) is 9.04. The van der Waals surface area contributed by atoms with Gasteiger partial charge in [-0.2, -0.15) is 5.10 Å². The van der Waals surface area contributed by atoms with Gasteiger partial charge in [-0.15, -0.1) is 0 Å². The Bertz CT molecular complexity index is 1340. The second-order valence-electron chi connectivity index (χ2n) is 7.80. The summed E-state index contributed by atoms with van der Waals surface area (Å²) in [7, 11) is 0. The summed E-state index contributed by atoms with van der Waals surface area (Å²) in [6.45, 7) is 2.52. The molecule has 6 heteroatoms. The van der Waals surface area contributed by atoms with Gasteiger partial charge in [-0.05, 0) is 42.8 Å². The Hall–Kier alpha value is -3.70. The van der Waals surface area contributed by atoms with Crippen molar-refractivity contribution < 1.29 is 9.53 Å². The van der Waals surface area contributed by atoms with Crippen LogP contribution >= 0.6 is 11.6 Å². The summed E-state index contributed by atoms with van der Waals surface area (Å²) < 4.78 is 5.59. The third kappa shape index (κ3) is 4.20. The van der Waals surface area contributed by atoms with Gasteiger partial charge in [-0.25, -0.2) is 9.99 Å². The highest BCUT2D eigenvalue weighted by Crippen LogP contribution is 2.38. The van der Waals surface area contributed by atoms with Crippen LogP contribution < -0.4 is 4.74 Å². The first-order valence-corrected chi connectivity index (χ1v) is 11.3. The number of carbonyl (C=O) groups is 1. The minimum Gasteiger partial charge on any atom is -0.494 e. The molecule has 5 nitrogen and oxygen atoms in total. The number of hydrogen-bond acceptors (Lipinski definition) is 4. The van der Waals surface area contributed by atoms with Crippen molar-refractivity contribution in [2.24, 2.45) is 5.10 Å². The molecule has 0 saturated heterocycles. The summed E-state index contributed by atoms with van der Waals surface area (Å²) in [6, 6.07) is 26.5. The molecular formula is C27H22ClN3O2. The normalized spacial score (nSPS) is 15.5. The predicted octanol–water partition coefficient (Wildman–Crippen LogP) is 6.28. The van der Waals surface area contributed by atoms with Crippen LogP contribution in [-0.4, -0.2) is 28.2 Å². The first-order valence-electron chi connectivity index (χ1n) is 10.9. The number of nitrogens with zero attached hydrogens (tertiary/aromatic N) is 3. The number of benzene rings is 3. The zero-order chi connectivity index (χ0) is 22.8. The van der Waals surface area contributed by atoms with Gasteiger partial charge in [-0.3, -0.25) is 4.79 Å². The molecule has 1 aliphatic heterocycles. The second-order valence-corrected chi connectivity index (χ2v) is 8.16. The third-order valence-corrected chi connectivity index (χ3v) is 5.99. The molecule has 0 spiro atoms. The van der Waals surface area contributed by atoms with Crippen LogP contribution in [0.5, 0.6) is 5.75 Å². The predicted molar refractivity (Wildman–Crippen MR) is 131 cm³/mol. The van der Waals surface area contributed by atoms with Crippen molar-refractivity contribution in [1.29, 1.82) is 0 Å². The van der Waals surface area contributed by atoms with Gasteiger partial charge in [0.25, 0.3) is 5.91 Å². The van der Waals surface area contributed by atoms with E-state index < -0.39 is 0 Å². The van der Waals surface area contributed by atoms with Crippen LogP contribution in [0.15, 0.2) is 90.0 Å². The maximum absolute atomic E-state index is 13.4. The number of aromatic nitrogens is 1. The van der Waals surface area contributed by atoms with E-state index in [2.05, 4.69) is 4.98 Å². The molecule has 1 aromatic heterocycles. The molecule has 1 unspecified atom stereocenters. The van der Waals surface area contributed by atoms with E-state index in [-0.39, 0.29) is 11.9 Å². The Morgan fingerprint density at radius 1 is 1.03 bits per heavy atom. The fourth-order valence-corrected chi connectivity index (χ4v) is 4.36. The van der Waals surface area contributed by atoms with Crippen molar-refractivity contribution in [3.63, 3.8) is 0 Å². The van der Waals surface area contributed by atoms with E-state index in [4.69, 9.17) is 21.4 Å². The standard InChI is InChI=1S/C27H22ClN3O2/c1-2-33-21-14-13-20-15-22(26(28)29-23(20)16-21)25-17-24(18-9-5-3-6-10-18)30-31(25)27(32)19-11-7-4-8-12-19/h3-16,25H,2,17H2,1H3. The molecular weight excluding hydrogens is 434 g/mol. The van der Waals surface area contributed by atoms with Crippen LogP contribution in [0.4, 0.5) is 0 Å². The molecule has 0 aliphatic carbocycles. The van der Waals surface area contributed by atoms with E-state index in [1.54, 1.807) is 17.1 Å². The molecule has 1 amide bonds. The molecule has 0 radical (unpaired) electrons. The summed E-state index contributed by atoms with van der Waals surface area (Å²) >= 11 is 6.68. The largest absolute Gasteiger partial charge is 0.494 e. The number of ether oxygens (including phenoxy) is 1. The van der Waals surface area contributed by atoms with Crippen LogP contribution in [-0.2, 0) is 0 Å². The van der Waals surface area contributed by atoms with Crippen molar-refractivity contribution in [3.05, 3.63) is 107 Å². The highest BCUT2D eigenvalue weighted by molar-refractivity contribution is 6.30. The highest BCUT2D eigenvalue weighted by atomic mass is 35.5. The number of hydrazone groups is 1. The Labute approximate surface area is 197 Å². The smallest absolute Gasteiger partial charge is 0.274 e. The number of rotatable bonds is 5. The van der Waals surface area contributed by atoms with Crippen molar-refractivity contribution in [1.82, 2.24) is 9.99 Å². The molecule has 0 saturated carbocycles. The van der Waals surface area contributed by atoms with E-state index in [0.29, 0.717) is 23.7 Å². The minimum atomic E-state index is -0.358. The molecule has 0 fully saturated rings. The lowest BCUT2D eigenvalue weighted by Crippen LogP contribution is -2.27. The van der Waals surface area contributed by atoms with E-state index in [9.17, 15) is 4.79 Å². The lowest BCUT2D eigenvalue weighted by atomic mass is 9.98. The Kier molecular flexibility index (Phi) is 5.80. The highest BCUT2D eigenvalue weighted by Gasteiger charge is 2.35. The molecule has 33 heavy (non-hydrogen) atoms. The van der Waals surface area contributed by atoms with Gasteiger partial charge in [-0.1, -0.05) is 60.1 Å². The number of hydrogen-bond donors (Lipinski definition) is 0. The zero-order valence-corrected chi connectivity index (χ0v) is 18.9. The molecule has 5 rings (SSSR count). The maximum atomic E-state index is 13.4. The van der Waals surface area contributed by atoms with Gasteiger partial charge in [0.15, 0.2) is 0 Å². The Morgan fingerprint density at radius 2 is 1.76 bits per heavy atom. The van der Waals surface area contributed by atoms with Crippen LogP contribution in [0.2, 0.25) is 5.15 Å². The van der Waals surface area contributed by atoms with Gasteiger partial charge in [0, 0.05) is 29.0 Å². The van der Waals surface area contributed by atoms with Crippen molar-refractivity contribution >= 4 is 34.1 Å². The summed E-state index contributed by atoms with van der Waals surface area (Å²) in [5, 5.41) is 7.58. The Morgan fingerprint density at radius 3 is 2.48 bits per heavy atom. The fourth-order valence-electron chi connectivity index (χ4n) is 4.09. The molecule has 4 aromatic rings. The lowest BCUT2D eigenvalue weighted by Gasteiger charge is -2.23. The van der Waals surface area contributed by atoms with E-state index >= 15 is 0 Å². The average molecular weight is 456 g/mol. The molecule has 164 valence electrons. The fraction of sp³-hybridized carbons (Fsp3) is 0.148. The third-order valence-electron chi connectivity index (χ3n) is 5.69. The average Bonchev–Trinajstić information content (AvgIpc) is 3.29. The van der Waals surface area contributed by atoms with Crippen LogP contribution in [0.25, 0.3) is 10.9 Å². The summed E-state index contributed by atoms with van der Waals surface area (Å²) in [6.07, 6.45) is 0.548. The van der Waals surface area contributed by atoms with Crippen molar-refractivity contribution in [2.45, 2.75) is 19.4 Å². The summed E-state index contributed by atoms with van der Waals surface area (Å²) in [5.74, 6) is 0.576.